The lowest BCUT2D eigenvalue weighted by molar-refractivity contribution is 0.0467. The summed E-state index contributed by atoms with van der Waals surface area (Å²) in [5.74, 6) is 0.618. The number of amides is 2. The van der Waals surface area contributed by atoms with Gasteiger partial charge in [0.2, 0.25) is 0 Å². The molecule has 0 unspecified atom stereocenters. The minimum absolute atomic E-state index is 0.114. The Bertz CT molecular complexity index is 2670. The summed E-state index contributed by atoms with van der Waals surface area (Å²) in [6, 6.07) is 25.6. The molecule has 2 aromatic heterocycles. The maximum Gasteiger partial charge on any atom is 0.338 e. The quantitative estimate of drug-likeness (QED) is 0.0217. The lowest BCUT2D eigenvalue weighted by Crippen LogP contribution is -2.18. The number of nitrogens with zero attached hydrogens (tertiary/aromatic N) is 2. The second-order valence-electron chi connectivity index (χ2n) is 21.5. The van der Waals surface area contributed by atoms with Crippen LogP contribution < -0.4 is 29.6 Å². The van der Waals surface area contributed by atoms with Gasteiger partial charge in [-0.3, -0.25) is 14.6 Å². The number of rotatable bonds is 39. The largest absolute Gasteiger partial charge is 0.493 e. The zero-order chi connectivity index (χ0) is 56.7. The number of aromatic nitrogens is 2. The zero-order valence-corrected chi connectivity index (χ0v) is 49.2. The summed E-state index contributed by atoms with van der Waals surface area (Å²) in [5, 5.41) is 8.03. The van der Waals surface area contributed by atoms with Crippen molar-refractivity contribution < 1.29 is 38.1 Å². The average molecular weight is 1090 g/mol. The van der Waals surface area contributed by atoms with Crippen LogP contribution in [-0.4, -0.2) is 54.2 Å². The van der Waals surface area contributed by atoms with Crippen LogP contribution in [0.2, 0.25) is 0 Å². The molecule has 2 N–H and O–H groups in total. The highest BCUT2D eigenvalue weighted by molar-refractivity contribution is 6.09. The normalized spacial score (nSPS) is 11.2. The Labute approximate surface area is 477 Å². The van der Waals surface area contributed by atoms with Crippen LogP contribution in [0.25, 0.3) is 21.8 Å². The van der Waals surface area contributed by atoms with Crippen LogP contribution in [0.3, 0.4) is 0 Å². The first kappa shape index (κ1) is 62.5. The lowest BCUT2D eigenvalue weighted by Gasteiger charge is -2.18. The standard InChI is InChI=1S/C68H92N4O8/c1-7-11-15-19-23-27-37-76-58-41-54(42-59(47-58)77-38-28-24-20-16-12-8-2)66(73)71-62-45-56(68(75)80-49-57-36-35-53-34-33-52-32-31-50(5)69-64(52)65(53)70-57)46-63(51(62)6)72-67(74)55-43-60(78-39-29-25-21-17-13-9-3)48-61(44-55)79-40-30-26-22-18-14-10-4/h31-36,41-48H,7-30,37-40,49H2,1-6H3,(H,71,73)(H,72,74). The Morgan fingerprint density at radius 1 is 0.400 bits per heavy atom. The summed E-state index contributed by atoms with van der Waals surface area (Å²) in [4.78, 5) is 53.0. The van der Waals surface area contributed by atoms with E-state index in [1.54, 1.807) is 43.3 Å². The first-order chi connectivity index (χ1) is 39.1. The molecular weight excluding hydrogens is 1000 g/mol. The minimum Gasteiger partial charge on any atom is -0.493 e. The minimum atomic E-state index is -0.671. The second kappa shape index (κ2) is 35.1. The molecular formula is C68H92N4O8. The third-order valence-corrected chi connectivity index (χ3v) is 14.6. The van der Waals surface area contributed by atoms with Gasteiger partial charge in [0, 0.05) is 51.1 Å². The molecule has 0 spiro atoms. The molecule has 2 heterocycles. The number of nitrogens with one attached hydrogen (secondary N) is 2. The van der Waals surface area contributed by atoms with Gasteiger partial charge in [0.05, 0.1) is 48.7 Å². The number of ether oxygens (including phenoxy) is 5. The van der Waals surface area contributed by atoms with Gasteiger partial charge in [-0.1, -0.05) is 180 Å². The Hall–Kier alpha value is -6.69. The van der Waals surface area contributed by atoms with Gasteiger partial charge in [0.1, 0.15) is 29.6 Å². The fourth-order valence-electron chi connectivity index (χ4n) is 9.72. The fraction of sp³-hybridized carbons (Fsp3) is 0.515. The van der Waals surface area contributed by atoms with Crippen LogP contribution in [0.4, 0.5) is 11.4 Å². The number of aryl methyl sites for hydroxylation is 1. The Morgan fingerprint density at radius 3 is 1.15 bits per heavy atom. The molecule has 80 heavy (non-hydrogen) atoms. The van der Waals surface area contributed by atoms with Crippen molar-refractivity contribution in [3.63, 3.8) is 0 Å². The lowest BCUT2D eigenvalue weighted by atomic mass is 10.1. The number of hydrogen-bond donors (Lipinski definition) is 2. The molecule has 2 amide bonds. The van der Waals surface area contributed by atoms with E-state index in [0.29, 0.717) is 88.7 Å². The number of esters is 1. The zero-order valence-electron chi connectivity index (χ0n) is 49.2. The summed E-state index contributed by atoms with van der Waals surface area (Å²) in [6.07, 6.45) is 27.0. The highest BCUT2D eigenvalue weighted by atomic mass is 16.5. The van der Waals surface area contributed by atoms with E-state index in [9.17, 15) is 14.4 Å². The van der Waals surface area contributed by atoms with Crippen LogP contribution in [0.1, 0.15) is 230 Å². The van der Waals surface area contributed by atoms with E-state index in [2.05, 4.69) is 38.3 Å². The van der Waals surface area contributed by atoms with Crippen molar-refractivity contribution in [1.29, 1.82) is 0 Å². The van der Waals surface area contributed by atoms with Gasteiger partial charge in [-0.05, 0) is 93.6 Å². The summed E-state index contributed by atoms with van der Waals surface area (Å²) in [7, 11) is 0. The first-order valence-electron chi connectivity index (χ1n) is 30.5. The predicted molar refractivity (Wildman–Crippen MR) is 326 cm³/mol. The van der Waals surface area contributed by atoms with E-state index in [4.69, 9.17) is 33.7 Å². The van der Waals surface area contributed by atoms with Gasteiger partial charge in [-0.2, -0.15) is 0 Å². The molecule has 0 bridgehead atoms. The van der Waals surface area contributed by atoms with E-state index in [0.717, 1.165) is 99.0 Å². The highest BCUT2D eigenvalue weighted by Gasteiger charge is 2.21. The third-order valence-electron chi connectivity index (χ3n) is 14.6. The molecule has 4 aromatic carbocycles. The van der Waals surface area contributed by atoms with Crippen LogP contribution in [0.5, 0.6) is 23.0 Å². The van der Waals surface area contributed by atoms with E-state index in [-0.39, 0.29) is 12.2 Å². The van der Waals surface area contributed by atoms with Gasteiger partial charge in [-0.25, -0.2) is 9.78 Å². The van der Waals surface area contributed by atoms with Crippen molar-refractivity contribution >= 4 is 51.0 Å². The number of benzene rings is 4. The molecule has 0 aliphatic rings. The van der Waals surface area contributed by atoms with E-state index >= 15 is 0 Å². The number of unbranched alkanes of at least 4 members (excludes halogenated alkanes) is 20. The molecule has 0 saturated carbocycles. The number of hydrogen-bond acceptors (Lipinski definition) is 10. The molecule has 0 radical (unpaired) electrons. The van der Waals surface area contributed by atoms with Crippen molar-refractivity contribution in [3.8, 4) is 23.0 Å². The average Bonchev–Trinajstić information content (AvgIpc) is 3.51. The SMILES string of the molecule is CCCCCCCCOc1cc(OCCCCCCCC)cc(C(=O)Nc2cc(C(=O)OCc3ccc4ccc5ccc(C)nc5c4n3)cc(NC(=O)c3cc(OCCCCCCCC)cc(OCCCCCCCC)c3)c2C)c1. The predicted octanol–water partition coefficient (Wildman–Crippen LogP) is 18.2. The first-order valence-corrected chi connectivity index (χ1v) is 30.5. The van der Waals surface area contributed by atoms with Crippen molar-refractivity contribution in [1.82, 2.24) is 9.97 Å². The molecule has 12 nitrogen and oxygen atoms in total. The third kappa shape index (κ3) is 21.1. The number of carbonyl (C=O) groups excluding carboxylic acids is 3. The smallest absolute Gasteiger partial charge is 0.338 e. The molecule has 12 heteroatoms. The van der Waals surface area contributed by atoms with E-state index in [1.807, 2.05) is 55.5 Å². The number of fused-ring (bicyclic) bond motifs is 3. The topological polar surface area (TPSA) is 147 Å². The van der Waals surface area contributed by atoms with Gasteiger partial charge in [0.15, 0.2) is 0 Å². The van der Waals surface area contributed by atoms with Gasteiger partial charge >= 0.3 is 5.97 Å². The van der Waals surface area contributed by atoms with Crippen molar-refractivity contribution in [3.05, 3.63) is 119 Å². The molecule has 0 aliphatic carbocycles. The van der Waals surface area contributed by atoms with Crippen LogP contribution in [0, 0.1) is 13.8 Å². The second-order valence-corrected chi connectivity index (χ2v) is 21.5. The summed E-state index contributed by atoms with van der Waals surface area (Å²) >= 11 is 0. The maximum absolute atomic E-state index is 14.5. The van der Waals surface area contributed by atoms with Crippen molar-refractivity contribution in [2.75, 3.05) is 37.1 Å². The molecule has 432 valence electrons. The summed E-state index contributed by atoms with van der Waals surface area (Å²) in [6.45, 7) is 14.5. The van der Waals surface area contributed by atoms with E-state index < -0.39 is 17.8 Å². The number of carbonyl (C=O) groups is 3. The maximum atomic E-state index is 14.5. The fourth-order valence-corrected chi connectivity index (χ4v) is 9.72. The Kier molecular flexibility index (Phi) is 27.4. The molecule has 0 aliphatic heterocycles. The van der Waals surface area contributed by atoms with Gasteiger partial charge < -0.3 is 34.3 Å². The molecule has 0 fully saturated rings. The monoisotopic (exact) mass is 1090 g/mol. The van der Waals surface area contributed by atoms with E-state index in [1.165, 1.54) is 77.0 Å². The molecule has 0 saturated heterocycles. The molecule has 0 atom stereocenters. The van der Waals surface area contributed by atoms with Crippen molar-refractivity contribution in [2.45, 2.75) is 202 Å². The Morgan fingerprint density at radius 2 is 0.750 bits per heavy atom. The number of pyridine rings is 2. The number of anilines is 2. The molecule has 6 aromatic rings. The van der Waals surface area contributed by atoms with Gasteiger partial charge in [-0.15, -0.1) is 0 Å². The Balaban J connectivity index is 1.28. The summed E-state index contributed by atoms with van der Waals surface area (Å²) in [5.41, 5.74) is 4.81. The molecule has 6 rings (SSSR count). The summed E-state index contributed by atoms with van der Waals surface area (Å²) < 4.78 is 31.1. The van der Waals surface area contributed by atoms with Crippen LogP contribution in [0.15, 0.2) is 84.9 Å². The van der Waals surface area contributed by atoms with Crippen molar-refractivity contribution in [2.24, 2.45) is 0 Å². The van der Waals surface area contributed by atoms with Crippen LogP contribution >= 0.6 is 0 Å². The van der Waals surface area contributed by atoms with Crippen LogP contribution in [-0.2, 0) is 11.3 Å². The highest BCUT2D eigenvalue weighted by Crippen LogP contribution is 2.32. The van der Waals surface area contributed by atoms with Gasteiger partial charge in [0.25, 0.3) is 11.8 Å².